The predicted octanol–water partition coefficient (Wildman–Crippen LogP) is 4.85. The van der Waals surface area contributed by atoms with Gasteiger partial charge < -0.3 is 29.1 Å². The standard InChI is InChI=1S/C25H20ClNO7/c1-31-21-12-22(32-2)17(10-16(21)26)27-24(30)13-33-15-8-18(28)25-19(29)11-20(34-23(25)9-15)14-6-4-3-5-7-14/h3-12,28H,13H2,1-2H3,(H,27,30). The SMILES string of the molecule is COc1cc(OC)c(NC(=O)COc2cc(O)c3c(=O)cc(-c4ccccc4)oc3c2)cc1Cl. The van der Waals surface area contributed by atoms with E-state index in [2.05, 4.69) is 5.32 Å². The molecular weight excluding hydrogens is 462 g/mol. The summed E-state index contributed by atoms with van der Waals surface area (Å²) in [5, 5.41) is 13.3. The van der Waals surface area contributed by atoms with Gasteiger partial charge in [-0.25, -0.2) is 0 Å². The molecule has 0 aliphatic rings. The molecule has 0 aliphatic heterocycles. The summed E-state index contributed by atoms with van der Waals surface area (Å²) in [6.07, 6.45) is 0. The van der Waals surface area contributed by atoms with Gasteiger partial charge in [0.05, 0.1) is 24.9 Å². The molecular formula is C25H20ClNO7. The molecule has 4 aromatic rings. The van der Waals surface area contributed by atoms with Crippen LogP contribution in [-0.4, -0.2) is 31.8 Å². The molecule has 0 aliphatic carbocycles. The van der Waals surface area contributed by atoms with Crippen LogP contribution in [-0.2, 0) is 4.79 Å². The quantitative estimate of drug-likeness (QED) is 0.388. The number of methoxy groups -OCH3 is 2. The van der Waals surface area contributed by atoms with Crippen molar-refractivity contribution in [3.8, 4) is 34.3 Å². The van der Waals surface area contributed by atoms with E-state index >= 15 is 0 Å². The largest absolute Gasteiger partial charge is 0.507 e. The topological polar surface area (TPSA) is 107 Å². The van der Waals surface area contributed by atoms with E-state index in [9.17, 15) is 14.7 Å². The second-order valence-electron chi connectivity index (χ2n) is 7.18. The highest BCUT2D eigenvalue weighted by molar-refractivity contribution is 6.32. The van der Waals surface area contributed by atoms with Crippen LogP contribution in [0.4, 0.5) is 5.69 Å². The number of amides is 1. The van der Waals surface area contributed by atoms with E-state index in [0.29, 0.717) is 33.5 Å². The second-order valence-corrected chi connectivity index (χ2v) is 7.59. The number of aromatic hydroxyl groups is 1. The van der Waals surface area contributed by atoms with Crippen LogP contribution in [0.1, 0.15) is 0 Å². The second kappa shape index (κ2) is 9.76. The monoisotopic (exact) mass is 481 g/mol. The molecule has 174 valence electrons. The fourth-order valence-electron chi connectivity index (χ4n) is 3.36. The van der Waals surface area contributed by atoms with E-state index in [0.717, 1.165) is 0 Å². The summed E-state index contributed by atoms with van der Waals surface area (Å²) < 4.78 is 21.8. The van der Waals surface area contributed by atoms with Crippen LogP contribution >= 0.6 is 11.6 Å². The number of rotatable bonds is 7. The normalized spacial score (nSPS) is 10.7. The summed E-state index contributed by atoms with van der Waals surface area (Å²) in [5.74, 6) is 0.427. The Labute approximate surface area is 199 Å². The number of carbonyl (C=O) groups excluding carboxylic acids is 1. The average Bonchev–Trinajstić information content (AvgIpc) is 2.83. The molecule has 4 rings (SSSR count). The zero-order valence-corrected chi connectivity index (χ0v) is 19.0. The zero-order valence-electron chi connectivity index (χ0n) is 18.3. The average molecular weight is 482 g/mol. The molecule has 0 fully saturated rings. The number of benzene rings is 3. The number of phenolic OH excluding ortho intramolecular Hbond substituents is 1. The molecule has 0 spiro atoms. The predicted molar refractivity (Wildman–Crippen MR) is 128 cm³/mol. The van der Waals surface area contributed by atoms with Gasteiger partial charge in [0.25, 0.3) is 5.91 Å². The Kier molecular flexibility index (Phi) is 6.60. The third kappa shape index (κ3) is 4.77. The number of ether oxygens (including phenoxy) is 3. The van der Waals surface area contributed by atoms with Crippen LogP contribution in [0.5, 0.6) is 23.0 Å². The molecule has 0 saturated carbocycles. The van der Waals surface area contributed by atoms with Crippen LogP contribution in [0.15, 0.2) is 69.9 Å². The minimum Gasteiger partial charge on any atom is -0.507 e. The summed E-state index contributed by atoms with van der Waals surface area (Å²) in [6, 6.07) is 16.1. The maximum Gasteiger partial charge on any atom is 0.262 e. The fraction of sp³-hybridized carbons (Fsp3) is 0.120. The zero-order chi connectivity index (χ0) is 24.2. The number of hydrogen-bond acceptors (Lipinski definition) is 7. The van der Waals surface area contributed by atoms with Crippen molar-refractivity contribution < 1.29 is 28.5 Å². The van der Waals surface area contributed by atoms with Gasteiger partial charge in [0.15, 0.2) is 12.0 Å². The number of hydrogen-bond donors (Lipinski definition) is 2. The summed E-state index contributed by atoms with van der Waals surface area (Å²) in [6.45, 7) is -0.389. The Morgan fingerprint density at radius 3 is 2.47 bits per heavy atom. The van der Waals surface area contributed by atoms with Crippen molar-refractivity contribution in [2.24, 2.45) is 0 Å². The van der Waals surface area contributed by atoms with Crippen LogP contribution in [0, 0.1) is 0 Å². The van der Waals surface area contributed by atoms with Gasteiger partial charge in [0, 0.05) is 29.8 Å². The minimum atomic E-state index is -0.501. The van der Waals surface area contributed by atoms with Crippen molar-refractivity contribution in [3.05, 3.63) is 75.9 Å². The van der Waals surface area contributed by atoms with Gasteiger partial charge in [-0.05, 0) is 6.07 Å². The molecule has 9 heteroatoms. The van der Waals surface area contributed by atoms with Crippen LogP contribution in [0.25, 0.3) is 22.3 Å². The lowest BCUT2D eigenvalue weighted by Crippen LogP contribution is -2.20. The fourth-order valence-corrected chi connectivity index (χ4v) is 3.61. The van der Waals surface area contributed by atoms with Crippen LogP contribution in [0.2, 0.25) is 5.02 Å². The molecule has 0 unspecified atom stereocenters. The summed E-state index contributed by atoms with van der Waals surface area (Å²) in [4.78, 5) is 25.0. The van der Waals surface area contributed by atoms with Gasteiger partial charge in [-0.1, -0.05) is 41.9 Å². The Morgan fingerprint density at radius 1 is 1.03 bits per heavy atom. The number of carbonyl (C=O) groups is 1. The number of nitrogens with one attached hydrogen (secondary N) is 1. The Bertz CT molecular complexity index is 1420. The molecule has 2 N–H and O–H groups in total. The highest BCUT2D eigenvalue weighted by Gasteiger charge is 2.15. The Morgan fingerprint density at radius 2 is 1.76 bits per heavy atom. The van der Waals surface area contributed by atoms with E-state index in [4.69, 9.17) is 30.2 Å². The molecule has 34 heavy (non-hydrogen) atoms. The van der Waals surface area contributed by atoms with E-state index in [-0.39, 0.29) is 29.1 Å². The van der Waals surface area contributed by atoms with Gasteiger partial charge in [0.1, 0.15) is 39.7 Å². The molecule has 1 heterocycles. The van der Waals surface area contributed by atoms with Gasteiger partial charge >= 0.3 is 0 Å². The highest BCUT2D eigenvalue weighted by atomic mass is 35.5. The Hall–Kier alpha value is -4.17. The van der Waals surface area contributed by atoms with Crippen molar-refractivity contribution in [1.82, 2.24) is 0 Å². The molecule has 0 radical (unpaired) electrons. The lowest BCUT2D eigenvalue weighted by molar-refractivity contribution is -0.118. The molecule has 0 saturated heterocycles. The number of anilines is 1. The van der Waals surface area contributed by atoms with Crippen LogP contribution < -0.4 is 25.0 Å². The van der Waals surface area contributed by atoms with E-state index in [1.54, 1.807) is 18.2 Å². The number of halogens is 1. The van der Waals surface area contributed by atoms with Crippen LogP contribution in [0.3, 0.4) is 0 Å². The third-order valence-corrected chi connectivity index (χ3v) is 5.25. The first-order valence-electron chi connectivity index (χ1n) is 10.1. The number of fused-ring (bicyclic) bond motifs is 1. The Balaban J connectivity index is 1.55. The molecule has 8 nitrogen and oxygen atoms in total. The lowest BCUT2D eigenvalue weighted by Gasteiger charge is -2.13. The molecule has 0 atom stereocenters. The maximum absolute atomic E-state index is 12.6. The van der Waals surface area contributed by atoms with Crippen molar-refractivity contribution in [2.45, 2.75) is 0 Å². The maximum atomic E-state index is 12.6. The molecule has 1 aromatic heterocycles. The van der Waals surface area contributed by atoms with E-state index < -0.39 is 11.3 Å². The van der Waals surface area contributed by atoms with Gasteiger partial charge in [-0.2, -0.15) is 0 Å². The van der Waals surface area contributed by atoms with Crippen molar-refractivity contribution in [1.29, 1.82) is 0 Å². The van der Waals surface area contributed by atoms with E-state index in [1.807, 2.05) is 18.2 Å². The van der Waals surface area contributed by atoms with Crippen molar-refractivity contribution in [2.75, 3.05) is 26.1 Å². The first-order chi connectivity index (χ1) is 16.4. The van der Waals surface area contributed by atoms with Gasteiger partial charge in [-0.15, -0.1) is 0 Å². The van der Waals surface area contributed by atoms with Gasteiger partial charge in [-0.3, -0.25) is 9.59 Å². The smallest absolute Gasteiger partial charge is 0.262 e. The summed E-state index contributed by atoms with van der Waals surface area (Å²) in [5.41, 5.74) is 0.774. The minimum absolute atomic E-state index is 0.0223. The van der Waals surface area contributed by atoms with Crippen molar-refractivity contribution >= 4 is 34.2 Å². The molecule has 3 aromatic carbocycles. The highest BCUT2D eigenvalue weighted by Crippen LogP contribution is 2.36. The van der Waals surface area contributed by atoms with Gasteiger partial charge in [0.2, 0.25) is 0 Å². The lowest BCUT2D eigenvalue weighted by atomic mass is 10.1. The summed E-state index contributed by atoms with van der Waals surface area (Å²) in [7, 11) is 2.92. The number of phenols is 1. The summed E-state index contributed by atoms with van der Waals surface area (Å²) >= 11 is 6.13. The molecule has 0 bridgehead atoms. The molecule has 1 amide bonds. The first kappa shape index (κ1) is 23.0. The van der Waals surface area contributed by atoms with E-state index in [1.165, 1.54) is 38.5 Å². The third-order valence-electron chi connectivity index (χ3n) is 4.96. The van der Waals surface area contributed by atoms with Crippen molar-refractivity contribution in [3.63, 3.8) is 0 Å². The first-order valence-corrected chi connectivity index (χ1v) is 10.5.